The Balaban J connectivity index is 3.06. The van der Waals surface area contributed by atoms with Crippen molar-refractivity contribution in [1.82, 2.24) is 0 Å². The molecule has 0 aromatic heterocycles. The zero-order chi connectivity index (χ0) is 11.3. The molecule has 0 aliphatic heterocycles. The molecule has 0 heterocycles. The molecule has 0 saturated heterocycles. The summed E-state index contributed by atoms with van der Waals surface area (Å²) in [5, 5.41) is 0. The molecule has 0 amide bonds. The van der Waals surface area contributed by atoms with Gasteiger partial charge in [0.2, 0.25) is 0 Å². The highest BCUT2D eigenvalue weighted by molar-refractivity contribution is 5.95. The van der Waals surface area contributed by atoms with Gasteiger partial charge < -0.3 is 14.2 Å². The van der Waals surface area contributed by atoms with Crippen LogP contribution in [0, 0.1) is 0 Å². The summed E-state index contributed by atoms with van der Waals surface area (Å²) in [6, 6.07) is 4.56. The average molecular weight is 210 g/mol. The van der Waals surface area contributed by atoms with E-state index in [1.807, 2.05) is 0 Å². The minimum Gasteiger partial charge on any atom is -0.497 e. The van der Waals surface area contributed by atoms with Crippen molar-refractivity contribution in [1.29, 1.82) is 0 Å². The monoisotopic (exact) mass is 210 g/mol. The molecule has 0 aliphatic carbocycles. The van der Waals surface area contributed by atoms with Gasteiger partial charge in [0, 0.05) is 6.07 Å². The van der Waals surface area contributed by atoms with E-state index in [-0.39, 0.29) is 12.0 Å². The van der Waals surface area contributed by atoms with Crippen LogP contribution in [0.5, 0.6) is 11.5 Å². The Morgan fingerprint density at radius 2 is 2.00 bits per heavy atom. The molecule has 0 radical (unpaired) electrons. The smallest absolute Gasteiger partial charge is 0.349 e. The largest absolute Gasteiger partial charge is 0.497 e. The lowest BCUT2D eigenvalue weighted by molar-refractivity contribution is -0.123. The Morgan fingerprint density at radius 3 is 2.53 bits per heavy atom. The Morgan fingerprint density at radius 1 is 1.27 bits per heavy atom. The Labute approximate surface area is 86.6 Å². The van der Waals surface area contributed by atoms with Gasteiger partial charge in [0.25, 0.3) is 0 Å². The van der Waals surface area contributed by atoms with E-state index < -0.39 is 5.97 Å². The van der Waals surface area contributed by atoms with E-state index in [2.05, 4.69) is 4.74 Å². The summed E-state index contributed by atoms with van der Waals surface area (Å²) < 4.78 is 14.1. The molecule has 0 saturated carbocycles. The fourth-order valence-electron chi connectivity index (χ4n) is 1.07. The minimum atomic E-state index is -0.760. The van der Waals surface area contributed by atoms with Crippen LogP contribution in [0.25, 0.3) is 0 Å². The molecule has 5 nitrogen and oxygen atoms in total. The van der Waals surface area contributed by atoms with Crippen LogP contribution in [0.3, 0.4) is 0 Å². The van der Waals surface area contributed by atoms with E-state index in [1.54, 1.807) is 6.07 Å². The number of hydrogen-bond acceptors (Lipinski definition) is 5. The Bertz CT molecular complexity index is 372. The highest BCUT2D eigenvalue weighted by Gasteiger charge is 2.14. The fourth-order valence-corrected chi connectivity index (χ4v) is 1.07. The number of esters is 1. The lowest BCUT2D eigenvalue weighted by atomic mass is 10.2. The van der Waals surface area contributed by atoms with Crippen molar-refractivity contribution in [2.24, 2.45) is 0 Å². The molecule has 80 valence electrons. The fraction of sp³-hybridized carbons (Fsp3) is 0.200. The SMILES string of the molecule is COc1ccc(C(=O)OC=O)c(OC)c1. The highest BCUT2D eigenvalue weighted by atomic mass is 16.6. The molecule has 0 N–H and O–H groups in total. The van der Waals surface area contributed by atoms with Crippen LogP contribution >= 0.6 is 0 Å². The van der Waals surface area contributed by atoms with Gasteiger partial charge in [-0.1, -0.05) is 0 Å². The first-order valence-electron chi connectivity index (χ1n) is 4.09. The molecule has 1 aromatic carbocycles. The van der Waals surface area contributed by atoms with E-state index in [0.717, 1.165) is 0 Å². The second-order valence-corrected chi connectivity index (χ2v) is 2.57. The Hall–Kier alpha value is -2.04. The van der Waals surface area contributed by atoms with E-state index in [9.17, 15) is 9.59 Å². The highest BCUT2D eigenvalue weighted by Crippen LogP contribution is 2.24. The molecule has 15 heavy (non-hydrogen) atoms. The molecular formula is C10H10O5. The quantitative estimate of drug-likeness (QED) is 0.421. The summed E-state index contributed by atoms with van der Waals surface area (Å²) >= 11 is 0. The van der Waals surface area contributed by atoms with Crippen molar-refractivity contribution in [3.05, 3.63) is 23.8 Å². The second kappa shape index (κ2) is 4.99. The summed E-state index contributed by atoms with van der Waals surface area (Å²) in [4.78, 5) is 21.3. The molecular weight excluding hydrogens is 200 g/mol. The first kappa shape index (κ1) is 11.0. The molecule has 1 aromatic rings. The van der Waals surface area contributed by atoms with Crippen LogP contribution < -0.4 is 9.47 Å². The summed E-state index contributed by atoms with van der Waals surface area (Å²) in [6.45, 7) is 0.0754. The topological polar surface area (TPSA) is 61.8 Å². The van der Waals surface area contributed by atoms with Crippen molar-refractivity contribution in [2.75, 3.05) is 14.2 Å². The summed E-state index contributed by atoms with van der Waals surface area (Å²) in [5.74, 6) is 0.0835. The van der Waals surface area contributed by atoms with Crippen LogP contribution in [0.15, 0.2) is 18.2 Å². The van der Waals surface area contributed by atoms with Crippen molar-refractivity contribution in [3.8, 4) is 11.5 Å². The number of hydrogen-bond donors (Lipinski definition) is 0. The number of benzene rings is 1. The molecule has 5 heteroatoms. The normalized spacial score (nSPS) is 9.20. The maximum Gasteiger partial charge on any atom is 0.349 e. The standard InChI is InChI=1S/C10H10O5/c1-13-7-3-4-8(9(5-7)14-2)10(12)15-6-11/h3-6H,1-2H3. The van der Waals surface area contributed by atoms with Crippen molar-refractivity contribution >= 4 is 12.4 Å². The van der Waals surface area contributed by atoms with Gasteiger partial charge >= 0.3 is 12.4 Å². The zero-order valence-electron chi connectivity index (χ0n) is 8.35. The van der Waals surface area contributed by atoms with Gasteiger partial charge in [0.05, 0.1) is 14.2 Å². The molecule has 1 rings (SSSR count). The van der Waals surface area contributed by atoms with E-state index in [0.29, 0.717) is 11.5 Å². The predicted octanol–water partition coefficient (Wildman–Crippen LogP) is 1.02. The molecule has 0 bridgehead atoms. The van der Waals surface area contributed by atoms with Crippen LogP contribution in [0.1, 0.15) is 10.4 Å². The van der Waals surface area contributed by atoms with Gasteiger partial charge in [-0.15, -0.1) is 0 Å². The van der Waals surface area contributed by atoms with Gasteiger partial charge in [0.15, 0.2) is 0 Å². The Kier molecular flexibility index (Phi) is 3.68. The number of rotatable bonds is 4. The third-order valence-corrected chi connectivity index (χ3v) is 1.78. The first-order chi connectivity index (χ1) is 7.22. The summed E-state index contributed by atoms with van der Waals surface area (Å²) in [5.41, 5.74) is 0.172. The zero-order valence-corrected chi connectivity index (χ0v) is 8.35. The van der Waals surface area contributed by atoms with Crippen molar-refractivity contribution in [3.63, 3.8) is 0 Å². The number of carbonyl (C=O) groups is 2. The number of methoxy groups -OCH3 is 2. The average Bonchev–Trinajstić information content (AvgIpc) is 2.28. The van der Waals surface area contributed by atoms with Gasteiger partial charge in [-0.25, -0.2) is 4.79 Å². The van der Waals surface area contributed by atoms with Crippen LogP contribution in [0.4, 0.5) is 0 Å². The van der Waals surface area contributed by atoms with Gasteiger partial charge in [-0.3, -0.25) is 4.79 Å². The number of carbonyl (C=O) groups excluding carboxylic acids is 2. The van der Waals surface area contributed by atoms with Gasteiger partial charge in [-0.05, 0) is 12.1 Å². The maximum absolute atomic E-state index is 11.2. The summed E-state index contributed by atoms with van der Waals surface area (Å²) in [6.07, 6.45) is 0. The van der Waals surface area contributed by atoms with Crippen molar-refractivity contribution < 1.29 is 23.8 Å². The van der Waals surface area contributed by atoms with Gasteiger partial charge in [-0.2, -0.15) is 0 Å². The lowest BCUT2D eigenvalue weighted by Gasteiger charge is -2.07. The van der Waals surface area contributed by atoms with E-state index >= 15 is 0 Å². The van der Waals surface area contributed by atoms with Crippen molar-refractivity contribution in [2.45, 2.75) is 0 Å². The third-order valence-electron chi connectivity index (χ3n) is 1.78. The van der Waals surface area contributed by atoms with Crippen LogP contribution in [0.2, 0.25) is 0 Å². The molecule has 0 fully saturated rings. The molecule has 0 spiro atoms. The molecule has 0 atom stereocenters. The van der Waals surface area contributed by atoms with Crippen LogP contribution in [-0.4, -0.2) is 26.7 Å². The maximum atomic E-state index is 11.2. The predicted molar refractivity (Wildman–Crippen MR) is 51.0 cm³/mol. The van der Waals surface area contributed by atoms with E-state index in [4.69, 9.17) is 9.47 Å². The minimum absolute atomic E-state index is 0.0754. The summed E-state index contributed by atoms with van der Waals surface area (Å²) in [7, 11) is 2.91. The lowest BCUT2D eigenvalue weighted by Crippen LogP contribution is -2.05. The third kappa shape index (κ3) is 2.46. The molecule has 0 aliphatic rings. The second-order valence-electron chi connectivity index (χ2n) is 2.57. The van der Waals surface area contributed by atoms with Gasteiger partial charge in [0.1, 0.15) is 17.1 Å². The number of ether oxygens (including phenoxy) is 3. The molecule has 0 unspecified atom stereocenters. The van der Waals surface area contributed by atoms with E-state index in [1.165, 1.54) is 26.4 Å². The first-order valence-corrected chi connectivity index (χ1v) is 4.09. The van der Waals surface area contributed by atoms with Crippen LogP contribution in [-0.2, 0) is 9.53 Å².